The van der Waals surface area contributed by atoms with Gasteiger partial charge in [0, 0.05) is 23.8 Å². The molecule has 0 saturated heterocycles. The lowest BCUT2D eigenvalue weighted by atomic mass is 9.98. The molecule has 1 aromatic heterocycles. The number of benzene rings is 2. The molecule has 0 saturated carbocycles. The van der Waals surface area contributed by atoms with E-state index in [2.05, 4.69) is 6.07 Å². The monoisotopic (exact) mass is 477 g/mol. The normalized spacial score (nSPS) is 11.0. The van der Waals surface area contributed by atoms with Gasteiger partial charge in [-0.25, -0.2) is 4.39 Å². The summed E-state index contributed by atoms with van der Waals surface area (Å²) in [5.74, 6) is -0.991. The van der Waals surface area contributed by atoms with Crippen molar-refractivity contribution in [2.24, 2.45) is 5.41 Å². The fraction of sp³-hybridized carbons (Fsp3) is 0.296. The van der Waals surface area contributed by atoms with E-state index in [4.69, 9.17) is 9.47 Å². The molecule has 182 valence electrons. The number of nitriles is 1. The summed E-state index contributed by atoms with van der Waals surface area (Å²) in [6.45, 7) is 7.99. The van der Waals surface area contributed by atoms with Gasteiger partial charge in [-0.3, -0.25) is 14.5 Å². The van der Waals surface area contributed by atoms with E-state index in [1.165, 1.54) is 23.1 Å². The van der Waals surface area contributed by atoms with Crippen LogP contribution in [0.5, 0.6) is 5.75 Å². The summed E-state index contributed by atoms with van der Waals surface area (Å²) < 4.78 is 25.8. The van der Waals surface area contributed by atoms with Gasteiger partial charge in [0.2, 0.25) is 0 Å². The summed E-state index contributed by atoms with van der Waals surface area (Å²) in [5, 5.41) is 9.67. The predicted molar refractivity (Wildman–Crippen MR) is 130 cm³/mol. The van der Waals surface area contributed by atoms with Gasteiger partial charge in [0.1, 0.15) is 24.2 Å². The highest BCUT2D eigenvalue weighted by molar-refractivity contribution is 6.08. The first-order chi connectivity index (χ1) is 16.6. The molecule has 1 amide bonds. The molecule has 3 rings (SSSR count). The zero-order chi connectivity index (χ0) is 25.6. The topological polar surface area (TPSA) is 84.6 Å². The number of carbonyl (C=O) groups excluding carboxylic acids is 2. The number of ether oxygens (including phenoxy) is 2. The van der Waals surface area contributed by atoms with Crippen molar-refractivity contribution in [1.82, 2.24) is 4.57 Å². The van der Waals surface area contributed by atoms with Crippen LogP contribution in [-0.2, 0) is 9.53 Å². The Balaban J connectivity index is 1.93. The Morgan fingerprint density at radius 1 is 1.11 bits per heavy atom. The van der Waals surface area contributed by atoms with E-state index in [0.29, 0.717) is 29.3 Å². The van der Waals surface area contributed by atoms with Crippen LogP contribution in [0.15, 0.2) is 60.9 Å². The Labute approximate surface area is 204 Å². The van der Waals surface area contributed by atoms with Crippen molar-refractivity contribution in [3.8, 4) is 17.5 Å². The van der Waals surface area contributed by atoms with E-state index >= 15 is 0 Å². The number of aromatic nitrogens is 1. The number of halogens is 1. The van der Waals surface area contributed by atoms with Gasteiger partial charge in [-0.2, -0.15) is 5.26 Å². The molecule has 2 aromatic carbocycles. The Kier molecular flexibility index (Phi) is 7.92. The van der Waals surface area contributed by atoms with Crippen molar-refractivity contribution >= 4 is 17.6 Å². The highest BCUT2D eigenvalue weighted by Crippen LogP contribution is 2.28. The van der Waals surface area contributed by atoms with Crippen LogP contribution in [-0.4, -0.2) is 36.2 Å². The lowest BCUT2D eigenvalue weighted by Gasteiger charge is -2.23. The number of esters is 1. The highest BCUT2D eigenvalue weighted by Gasteiger charge is 2.24. The van der Waals surface area contributed by atoms with Crippen LogP contribution in [0.4, 0.5) is 10.1 Å². The van der Waals surface area contributed by atoms with Gasteiger partial charge >= 0.3 is 5.97 Å². The number of rotatable bonds is 8. The number of nitrogens with zero attached hydrogens (tertiary/aromatic N) is 3. The van der Waals surface area contributed by atoms with E-state index in [1.807, 2.05) is 20.8 Å². The third-order valence-electron chi connectivity index (χ3n) is 4.96. The van der Waals surface area contributed by atoms with Crippen LogP contribution < -0.4 is 9.64 Å². The summed E-state index contributed by atoms with van der Waals surface area (Å²) in [6, 6.07) is 14.3. The van der Waals surface area contributed by atoms with Crippen LogP contribution >= 0.6 is 0 Å². The molecule has 0 spiro atoms. The van der Waals surface area contributed by atoms with Gasteiger partial charge < -0.3 is 14.0 Å². The Bertz CT molecular complexity index is 1240. The van der Waals surface area contributed by atoms with Gasteiger partial charge in [0.15, 0.2) is 0 Å². The summed E-state index contributed by atoms with van der Waals surface area (Å²) in [4.78, 5) is 27.0. The molecular formula is C27H28FN3O4. The molecular weight excluding hydrogens is 449 g/mol. The van der Waals surface area contributed by atoms with Crippen LogP contribution in [0.1, 0.15) is 43.6 Å². The van der Waals surface area contributed by atoms with Crippen LogP contribution in [0.2, 0.25) is 0 Å². The van der Waals surface area contributed by atoms with Crippen molar-refractivity contribution in [3.05, 3.63) is 77.9 Å². The van der Waals surface area contributed by atoms with Crippen molar-refractivity contribution in [2.75, 3.05) is 24.7 Å². The van der Waals surface area contributed by atoms with Gasteiger partial charge in [-0.15, -0.1) is 0 Å². The molecule has 0 aliphatic rings. The van der Waals surface area contributed by atoms with E-state index in [-0.39, 0.29) is 29.9 Å². The molecule has 0 atom stereocenters. The molecule has 35 heavy (non-hydrogen) atoms. The van der Waals surface area contributed by atoms with Crippen molar-refractivity contribution in [2.45, 2.75) is 27.7 Å². The average molecular weight is 478 g/mol. The molecule has 0 aliphatic heterocycles. The average Bonchev–Trinajstić information content (AvgIpc) is 3.31. The quantitative estimate of drug-likeness (QED) is 0.420. The summed E-state index contributed by atoms with van der Waals surface area (Å²) in [7, 11) is 0. The molecule has 1 heterocycles. The van der Waals surface area contributed by atoms with Crippen molar-refractivity contribution in [1.29, 1.82) is 5.26 Å². The van der Waals surface area contributed by atoms with Crippen LogP contribution in [0.25, 0.3) is 5.69 Å². The van der Waals surface area contributed by atoms with E-state index < -0.39 is 11.9 Å². The van der Waals surface area contributed by atoms with Crippen LogP contribution in [0.3, 0.4) is 0 Å². The first kappa shape index (κ1) is 25.5. The maximum atomic E-state index is 13.5. The number of hydrogen-bond donors (Lipinski definition) is 0. The third kappa shape index (κ3) is 6.70. The minimum atomic E-state index is -0.578. The van der Waals surface area contributed by atoms with Gasteiger partial charge in [0.05, 0.1) is 24.3 Å². The Hall–Kier alpha value is -4.12. The predicted octanol–water partition coefficient (Wildman–Crippen LogP) is 5.12. The molecule has 0 N–H and O–H groups in total. The summed E-state index contributed by atoms with van der Waals surface area (Å²) in [5.41, 5.74) is 1.49. The number of amides is 1. The SMILES string of the molecule is CCOC(=O)CN(C(=O)c1ccn(-c2ccc(F)cc2)c1)c1ccc(OCC(C)(C)C)c(C#N)c1. The minimum Gasteiger partial charge on any atom is -0.492 e. The van der Waals surface area contributed by atoms with E-state index in [1.54, 1.807) is 54.2 Å². The van der Waals surface area contributed by atoms with Crippen molar-refractivity contribution in [3.63, 3.8) is 0 Å². The Morgan fingerprint density at radius 2 is 1.83 bits per heavy atom. The lowest BCUT2D eigenvalue weighted by Crippen LogP contribution is -2.36. The molecule has 7 nitrogen and oxygen atoms in total. The summed E-state index contributed by atoms with van der Waals surface area (Å²) in [6.07, 6.45) is 3.27. The number of carbonyl (C=O) groups is 2. The second-order valence-corrected chi connectivity index (χ2v) is 9.12. The largest absolute Gasteiger partial charge is 0.492 e. The number of hydrogen-bond acceptors (Lipinski definition) is 5. The smallest absolute Gasteiger partial charge is 0.326 e. The zero-order valence-corrected chi connectivity index (χ0v) is 20.2. The fourth-order valence-corrected chi connectivity index (χ4v) is 3.26. The molecule has 0 radical (unpaired) electrons. The minimum absolute atomic E-state index is 0.102. The molecule has 0 aliphatic carbocycles. The second kappa shape index (κ2) is 10.9. The Morgan fingerprint density at radius 3 is 2.46 bits per heavy atom. The standard InChI is InChI=1S/C27H28FN3O4/c1-5-34-25(32)17-31(23-10-11-24(20(14-23)15-29)35-18-27(2,3)4)26(33)19-12-13-30(16-19)22-8-6-21(28)7-9-22/h6-14,16H,5,17-18H2,1-4H3. The van der Waals surface area contributed by atoms with Crippen molar-refractivity contribution < 1.29 is 23.5 Å². The first-order valence-corrected chi connectivity index (χ1v) is 11.2. The maximum Gasteiger partial charge on any atom is 0.326 e. The number of anilines is 1. The molecule has 0 fully saturated rings. The molecule has 3 aromatic rings. The van der Waals surface area contributed by atoms with Gasteiger partial charge in [-0.05, 0) is 60.9 Å². The van der Waals surface area contributed by atoms with E-state index in [9.17, 15) is 19.2 Å². The fourth-order valence-electron chi connectivity index (χ4n) is 3.26. The second-order valence-electron chi connectivity index (χ2n) is 9.12. The molecule has 0 unspecified atom stereocenters. The van der Waals surface area contributed by atoms with Gasteiger partial charge in [-0.1, -0.05) is 20.8 Å². The third-order valence-corrected chi connectivity index (χ3v) is 4.96. The van der Waals surface area contributed by atoms with Gasteiger partial charge in [0.25, 0.3) is 5.91 Å². The van der Waals surface area contributed by atoms with E-state index in [0.717, 1.165) is 0 Å². The highest BCUT2D eigenvalue weighted by atomic mass is 19.1. The first-order valence-electron chi connectivity index (χ1n) is 11.2. The van der Waals surface area contributed by atoms with Crippen LogP contribution in [0, 0.1) is 22.6 Å². The lowest BCUT2D eigenvalue weighted by molar-refractivity contribution is -0.141. The molecule has 8 heteroatoms. The zero-order valence-electron chi connectivity index (χ0n) is 20.2. The molecule has 0 bridgehead atoms. The summed E-state index contributed by atoms with van der Waals surface area (Å²) >= 11 is 0. The maximum absolute atomic E-state index is 13.5.